The fourth-order valence-corrected chi connectivity index (χ4v) is 2.40. The molecule has 0 aromatic heterocycles. The number of rotatable bonds is 7. The van der Waals surface area contributed by atoms with E-state index in [2.05, 4.69) is 76.3 Å². The zero-order valence-corrected chi connectivity index (χ0v) is 13.5. The van der Waals surface area contributed by atoms with Gasteiger partial charge in [0.1, 0.15) is 0 Å². The monoisotopic (exact) mass is 262 g/mol. The summed E-state index contributed by atoms with van der Waals surface area (Å²) in [7, 11) is 4.30. The summed E-state index contributed by atoms with van der Waals surface area (Å²) in [6, 6.07) is 9.46. The van der Waals surface area contributed by atoms with Crippen molar-refractivity contribution in [3.8, 4) is 0 Å². The zero-order chi connectivity index (χ0) is 14.5. The summed E-state index contributed by atoms with van der Waals surface area (Å²) in [6.07, 6.45) is 2.38. The third-order valence-corrected chi connectivity index (χ3v) is 4.12. The normalized spacial score (nSPS) is 13.8. The summed E-state index contributed by atoms with van der Waals surface area (Å²) in [5.41, 5.74) is 2.90. The first-order valence-corrected chi connectivity index (χ1v) is 7.43. The molecule has 108 valence electrons. The molecule has 1 N–H and O–H groups in total. The Morgan fingerprint density at radius 2 is 1.68 bits per heavy atom. The van der Waals surface area contributed by atoms with Crippen molar-refractivity contribution in [2.45, 2.75) is 52.1 Å². The van der Waals surface area contributed by atoms with E-state index in [1.165, 1.54) is 24.0 Å². The highest BCUT2D eigenvalue weighted by molar-refractivity contribution is 5.27. The van der Waals surface area contributed by atoms with E-state index in [9.17, 15) is 0 Å². The molecule has 0 aliphatic heterocycles. The Kier molecular flexibility index (Phi) is 6.02. The lowest BCUT2D eigenvalue weighted by molar-refractivity contribution is 0.139. The lowest BCUT2D eigenvalue weighted by Crippen LogP contribution is -2.49. The van der Waals surface area contributed by atoms with Crippen molar-refractivity contribution in [3.63, 3.8) is 0 Å². The highest BCUT2D eigenvalue weighted by Gasteiger charge is 2.32. The van der Waals surface area contributed by atoms with Crippen molar-refractivity contribution in [1.82, 2.24) is 10.2 Å². The second-order valence-electron chi connectivity index (χ2n) is 6.03. The molecule has 0 fully saturated rings. The third-order valence-electron chi connectivity index (χ3n) is 4.12. The molecule has 0 spiro atoms. The molecule has 1 aromatic rings. The average Bonchev–Trinajstić information content (AvgIpc) is 2.37. The van der Waals surface area contributed by atoms with Crippen LogP contribution in [0.15, 0.2) is 24.3 Å². The molecule has 1 atom stereocenters. The van der Waals surface area contributed by atoms with Crippen LogP contribution in [0.5, 0.6) is 0 Å². The van der Waals surface area contributed by atoms with E-state index < -0.39 is 0 Å². The summed E-state index contributed by atoms with van der Waals surface area (Å²) >= 11 is 0. The number of hydrogen-bond acceptors (Lipinski definition) is 2. The number of nitrogens with one attached hydrogen (secondary N) is 1. The minimum Gasteiger partial charge on any atom is -0.309 e. The first-order chi connectivity index (χ1) is 8.93. The average molecular weight is 262 g/mol. The molecule has 0 saturated carbocycles. The van der Waals surface area contributed by atoms with Gasteiger partial charge in [0.25, 0.3) is 0 Å². The Hall–Kier alpha value is -0.860. The van der Waals surface area contributed by atoms with E-state index in [0.29, 0.717) is 6.04 Å². The Morgan fingerprint density at radius 3 is 2.11 bits per heavy atom. The minimum absolute atomic E-state index is 0.0856. The van der Waals surface area contributed by atoms with Crippen molar-refractivity contribution in [3.05, 3.63) is 35.4 Å². The Bertz CT molecular complexity index is 365. The maximum atomic E-state index is 3.63. The molecule has 1 rings (SSSR count). The van der Waals surface area contributed by atoms with Gasteiger partial charge in [0.2, 0.25) is 0 Å². The van der Waals surface area contributed by atoms with E-state index >= 15 is 0 Å². The molecule has 0 aliphatic rings. The maximum absolute atomic E-state index is 3.63. The molecule has 0 radical (unpaired) electrons. The maximum Gasteiger partial charge on any atom is 0.0501 e. The number of benzene rings is 1. The number of aryl methyl sites for hydroxylation is 1. The fourth-order valence-electron chi connectivity index (χ4n) is 2.40. The van der Waals surface area contributed by atoms with Crippen molar-refractivity contribution >= 4 is 0 Å². The van der Waals surface area contributed by atoms with Gasteiger partial charge in [-0.1, -0.05) is 44.5 Å². The molecule has 0 heterocycles. The van der Waals surface area contributed by atoms with Crippen molar-refractivity contribution in [2.24, 2.45) is 0 Å². The molecular formula is C17H30N2. The van der Waals surface area contributed by atoms with Gasteiger partial charge in [-0.2, -0.15) is 0 Å². The lowest BCUT2D eigenvalue weighted by Gasteiger charge is -2.41. The van der Waals surface area contributed by atoms with E-state index in [0.717, 1.165) is 6.54 Å². The second kappa shape index (κ2) is 7.06. The third kappa shape index (κ3) is 4.05. The smallest absolute Gasteiger partial charge is 0.0501 e. The molecule has 2 heteroatoms. The van der Waals surface area contributed by atoms with E-state index in [-0.39, 0.29) is 5.54 Å². The highest BCUT2D eigenvalue weighted by atomic mass is 15.2. The lowest BCUT2D eigenvalue weighted by atomic mass is 9.87. The van der Waals surface area contributed by atoms with Gasteiger partial charge in [0.05, 0.1) is 6.04 Å². The van der Waals surface area contributed by atoms with Crippen LogP contribution in [-0.2, 0) is 6.42 Å². The SMILES string of the molecule is CCCc1ccc(C(NCC)C(C)(C)N(C)C)cc1. The van der Waals surface area contributed by atoms with Crippen molar-refractivity contribution in [2.75, 3.05) is 20.6 Å². The van der Waals surface area contributed by atoms with E-state index in [4.69, 9.17) is 0 Å². The van der Waals surface area contributed by atoms with Gasteiger partial charge in [-0.3, -0.25) is 0 Å². The standard InChI is InChI=1S/C17H30N2/c1-7-9-14-10-12-15(13-11-14)16(18-8-2)17(3,4)19(5)6/h10-13,16,18H,7-9H2,1-6H3. The first kappa shape index (κ1) is 16.2. The largest absolute Gasteiger partial charge is 0.309 e. The molecule has 1 aromatic carbocycles. The fraction of sp³-hybridized carbons (Fsp3) is 0.647. The van der Waals surface area contributed by atoms with Crippen LogP contribution in [0.2, 0.25) is 0 Å². The van der Waals surface area contributed by atoms with Crippen LogP contribution in [-0.4, -0.2) is 31.1 Å². The molecule has 0 saturated heterocycles. The minimum atomic E-state index is 0.0856. The number of likely N-dealkylation sites (N-methyl/N-ethyl adjacent to an activating group) is 2. The second-order valence-corrected chi connectivity index (χ2v) is 6.03. The van der Waals surface area contributed by atoms with Gasteiger partial charge < -0.3 is 10.2 Å². The summed E-state index contributed by atoms with van der Waals surface area (Å²) in [5, 5.41) is 3.63. The van der Waals surface area contributed by atoms with Crippen LogP contribution in [0.3, 0.4) is 0 Å². The van der Waals surface area contributed by atoms with Gasteiger partial charge in [-0.25, -0.2) is 0 Å². The van der Waals surface area contributed by atoms with Gasteiger partial charge in [-0.15, -0.1) is 0 Å². The van der Waals surface area contributed by atoms with Crippen LogP contribution in [0, 0.1) is 0 Å². The topological polar surface area (TPSA) is 15.3 Å². The summed E-state index contributed by atoms with van der Waals surface area (Å²) in [6.45, 7) is 9.97. The van der Waals surface area contributed by atoms with Gasteiger partial charge >= 0.3 is 0 Å². The Labute approximate surface area is 119 Å². The quantitative estimate of drug-likeness (QED) is 0.807. The highest BCUT2D eigenvalue weighted by Crippen LogP contribution is 2.29. The summed E-state index contributed by atoms with van der Waals surface area (Å²) in [5.74, 6) is 0. The van der Waals surface area contributed by atoms with Crippen molar-refractivity contribution in [1.29, 1.82) is 0 Å². The number of hydrogen-bond donors (Lipinski definition) is 1. The molecule has 0 aliphatic carbocycles. The van der Waals surface area contributed by atoms with Gasteiger partial charge in [0, 0.05) is 5.54 Å². The first-order valence-electron chi connectivity index (χ1n) is 7.43. The molecular weight excluding hydrogens is 232 g/mol. The zero-order valence-electron chi connectivity index (χ0n) is 13.5. The van der Waals surface area contributed by atoms with Gasteiger partial charge in [0.15, 0.2) is 0 Å². The summed E-state index contributed by atoms with van der Waals surface area (Å²) < 4.78 is 0. The van der Waals surface area contributed by atoms with Crippen LogP contribution in [0.25, 0.3) is 0 Å². The summed E-state index contributed by atoms with van der Waals surface area (Å²) in [4.78, 5) is 2.29. The molecule has 0 bridgehead atoms. The van der Waals surface area contributed by atoms with Gasteiger partial charge in [-0.05, 0) is 52.0 Å². The van der Waals surface area contributed by atoms with Crippen LogP contribution < -0.4 is 5.32 Å². The number of nitrogens with zero attached hydrogens (tertiary/aromatic N) is 1. The molecule has 0 amide bonds. The molecule has 19 heavy (non-hydrogen) atoms. The van der Waals surface area contributed by atoms with Crippen LogP contribution in [0.4, 0.5) is 0 Å². The molecule has 1 unspecified atom stereocenters. The predicted molar refractivity (Wildman–Crippen MR) is 84.6 cm³/mol. The van der Waals surface area contributed by atoms with E-state index in [1.54, 1.807) is 0 Å². The van der Waals surface area contributed by atoms with Crippen molar-refractivity contribution < 1.29 is 0 Å². The Balaban J connectivity index is 2.99. The van der Waals surface area contributed by atoms with Crippen LogP contribution >= 0.6 is 0 Å². The Morgan fingerprint density at radius 1 is 1.11 bits per heavy atom. The predicted octanol–water partition coefficient (Wildman–Crippen LogP) is 3.63. The van der Waals surface area contributed by atoms with Crippen LogP contribution in [0.1, 0.15) is 51.3 Å². The molecule has 2 nitrogen and oxygen atoms in total. The van der Waals surface area contributed by atoms with E-state index in [1.807, 2.05) is 0 Å².